The van der Waals surface area contributed by atoms with E-state index >= 15 is 0 Å². The van der Waals surface area contributed by atoms with Crippen LogP contribution in [0.5, 0.6) is 5.75 Å². The van der Waals surface area contributed by atoms with E-state index in [0.29, 0.717) is 21.2 Å². The fraction of sp³-hybridized carbons (Fsp3) is 0.0500. The van der Waals surface area contributed by atoms with Gasteiger partial charge in [0.05, 0.1) is 16.8 Å². The van der Waals surface area contributed by atoms with Crippen molar-refractivity contribution in [1.29, 1.82) is 0 Å². The zero-order valence-corrected chi connectivity index (χ0v) is 15.9. The Labute approximate surface area is 165 Å². The second kappa shape index (κ2) is 8.62. The molecule has 1 N–H and O–H groups in total. The van der Waals surface area contributed by atoms with Gasteiger partial charge in [-0.15, -0.1) is 11.3 Å². The van der Waals surface area contributed by atoms with Gasteiger partial charge < -0.3 is 4.74 Å². The van der Waals surface area contributed by atoms with Crippen LogP contribution in [0.1, 0.15) is 31.2 Å². The van der Waals surface area contributed by atoms with Crippen LogP contribution in [-0.2, 0) is 0 Å². The van der Waals surface area contributed by atoms with E-state index in [4.69, 9.17) is 16.3 Å². The summed E-state index contributed by atoms with van der Waals surface area (Å²) >= 11 is 7.38. The van der Waals surface area contributed by atoms with E-state index in [-0.39, 0.29) is 0 Å². The van der Waals surface area contributed by atoms with Crippen molar-refractivity contribution in [3.63, 3.8) is 0 Å². The largest absolute Gasteiger partial charge is 0.422 e. The number of carbonyl (C=O) groups excluding carboxylic acids is 2. The number of ether oxygens (including phenoxy) is 1. The number of amides is 1. The molecule has 0 saturated heterocycles. The van der Waals surface area contributed by atoms with Crippen molar-refractivity contribution >= 4 is 41.0 Å². The lowest BCUT2D eigenvalue weighted by Crippen LogP contribution is -2.18. The first kappa shape index (κ1) is 18.8. The lowest BCUT2D eigenvalue weighted by atomic mass is 10.1. The average molecular weight is 399 g/mol. The Bertz CT molecular complexity index is 983. The average Bonchev–Trinajstić information content (AvgIpc) is 3.18. The Kier molecular flexibility index (Phi) is 6.01. The number of esters is 1. The molecule has 0 aliphatic rings. The Morgan fingerprint density at radius 3 is 2.59 bits per heavy atom. The van der Waals surface area contributed by atoms with Crippen molar-refractivity contribution in [1.82, 2.24) is 5.43 Å². The smallest absolute Gasteiger partial charge is 0.353 e. The minimum absolute atomic E-state index is 0.357. The monoisotopic (exact) mass is 398 g/mol. The molecule has 0 bridgehead atoms. The molecule has 0 saturated carbocycles. The number of rotatable bonds is 5. The first-order valence-corrected chi connectivity index (χ1v) is 9.24. The van der Waals surface area contributed by atoms with Crippen LogP contribution in [0.4, 0.5) is 0 Å². The molecule has 0 unspecified atom stereocenters. The fourth-order valence-electron chi connectivity index (χ4n) is 2.20. The van der Waals surface area contributed by atoms with Crippen molar-refractivity contribution in [3.05, 3.63) is 86.6 Å². The molecule has 0 aliphatic carbocycles. The van der Waals surface area contributed by atoms with E-state index in [2.05, 4.69) is 10.5 Å². The highest BCUT2D eigenvalue weighted by Crippen LogP contribution is 2.18. The normalized spacial score (nSPS) is 10.7. The number of carbonyl (C=O) groups is 2. The molecule has 7 heteroatoms. The quantitative estimate of drug-likeness (QED) is 0.293. The van der Waals surface area contributed by atoms with Crippen LogP contribution in [-0.4, -0.2) is 18.1 Å². The number of halogens is 1. The number of aryl methyl sites for hydroxylation is 1. The van der Waals surface area contributed by atoms with Gasteiger partial charge in [-0.1, -0.05) is 23.7 Å². The highest BCUT2D eigenvalue weighted by atomic mass is 35.5. The lowest BCUT2D eigenvalue weighted by molar-refractivity contribution is 0.0739. The van der Waals surface area contributed by atoms with Crippen molar-refractivity contribution in [2.75, 3.05) is 0 Å². The summed E-state index contributed by atoms with van der Waals surface area (Å²) in [5, 5.41) is 6.11. The maximum Gasteiger partial charge on any atom is 0.353 e. The second-order valence-electron chi connectivity index (χ2n) is 5.62. The van der Waals surface area contributed by atoms with Gasteiger partial charge in [-0.05, 0) is 65.9 Å². The van der Waals surface area contributed by atoms with Gasteiger partial charge >= 0.3 is 5.97 Å². The molecule has 0 radical (unpaired) electrons. The summed E-state index contributed by atoms with van der Waals surface area (Å²) in [6.45, 7) is 1.90. The number of thiophene rings is 1. The Morgan fingerprint density at radius 1 is 1.15 bits per heavy atom. The molecule has 0 fully saturated rings. The molecule has 3 aromatic rings. The van der Waals surface area contributed by atoms with Crippen LogP contribution < -0.4 is 10.2 Å². The van der Waals surface area contributed by atoms with E-state index in [1.165, 1.54) is 17.6 Å². The van der Waals surface area contributed by atoms with Crippen molar-refractivity contribution in [3.8, 4) is 5.75 Å². The number of hydrogen-bond acceptors (Lipinski definition) is 5. The van der Waals surface area contributed by atoms with Crippen molar-refractivity contribution in [2.45, 2.75) is 6.92 Å². The topological polar surface area (TPSA) is 67.8 Å². The van der Waals surface area contributed by atoms with Crippen LogP contribution in [0, 0.1) is 6.92 Å². The van der Waals surface area contributed by atoms with Gasteiger partial charge in [0, 0.05) is 0 Å². The van der Waals surface area contributed by atoms with E-state index in [1.54, 1.807) is 54.6 Å². The third kappa shape index (κ3) is 5.03. The van der Waals surface area contributed by atoms with E-state index in [9.17, 15) is 9.59 Å². The molecule has 1 aromatic heterocycles. The number of hydrazone groups is 1. The molecule has 27 heavy (non-hydrogen) atoms. The third-order valence-electron chi connectivity index (χ3n) is 3.56. The van der Waals surface area contributed by atoms with Gasteiger partial charge in [-0.2, -0.15) is 5.10 Å². The second-order valence-corrected chi connectivity index (χ2v) is 6.97. The molecule has 3 rings (SSSR count). The van der Waals surface area contributed by atoms with Gasteiger partial charge in [0.1, 0.15) is 10.6 Å². The van der Waals surface area contributed by atoms with Crippen LogP contribution >= 0.6 is 22.9 Å². The maximum atomic E-state index is 12.1. The molecule has 1 amide bonds. The van der Waals surface area contributed by atoms with Gasteiger partial charge in [-0.25, -0.2) is 10.2 Å². The molecular weight excluding hydrogens is 384 g/mol. The summed E-state index contributed by atoms with van der Waals surface area (Å²) in [6.07, 6.45) is 1.49. The molecule has 2 aromatic carbocycles. The van der Waals surface area contributed by atoms with Gasteiger partial charge in [0.25, 0.3) is 5.91 Å². The Hall–Kier alpha value is -2.96. The maximum absolute atomic E-state index is 12.1. The SMILES string of the molecule is Cc1ccc(C(=O)N/N=C/c2ccc(OC(=O)c3cccs3)cc2)c(Cl)c1. The summed E-state index contributed by atoms with van der Waals surface area (Å²) < 4.78 is 5.28. The van der Waals surface area contributed by atoms with Gasteiger partial charge in [0.15, 0.2) is 0 Å². The molecule has 0 atom stereocenters. The standard InChI is InChI=1S/C20H15ClN2O3S/c1-13-4-9-16(17(21)11-13)19(24)23-22-12-14-5-7-15(8-6-14)26-20(25)18-3-2-10-27-18/h2-12H,1H3,(H,23,24)/b22-12+. The molecule has 0 spiro atoms. The van der Waals surface area contributed by atoms with E-state index in [0.717, 1.165) is 11.1 Å². The van der Waals surface area contributed by atoms with E-state index < -0.39 is 11.9 Å². The van der Waals surface area contributed by atoms with Crippen molar-refractivity contribution < 1.29 is 14.3 Å². The highest BCUT2D eigenvalue weighted by Gasteiger charge is 2.10. The number of benzene rings is 2. The summed E-state index contributed by atoms with van der Waals surface area (Å²) in [6, 6.07) is 15.4. The number of nitrogens with zero attached hydrogens (tertiary/aromatic N) is 1. The number of hydrogen-bond donors (Lipinski definition) is 1. The molecule has 5 nitrogen and oxygen atoms in total. The summed E-state index contributed by atoms with van der Waals surface area (Å²) in [5.41, 5.74) is 4.50. The fourth-order valence-corrected chi connectivity index (χ4v) is 3.12. The van der Waals surface area contributed by atoms with Crippen molar-refractivity contribution in [2.24, 2.45) is 5.10 Å². The third-order valence-corrected chi connectivity index (χ3v) is 4.72. The van der Waals surface area contributed by atoms with E-state index in [1.807, 2.05) is 12.3 Å². The molecular formula is C20H15ClN2O3S. The van der Waals surface area contributed by atoms with Crippen LogP contribution in [0.2, 0.25) is 5.02 Å². The molecule has 136 valence electrons. The predicted octanol–water partition coefficient (Wildman–Crippen LogP) is 4.69. The first-order valence-electron chi connectivity index (χ1n) is 7.98. The zero-order chi connectivity index (χ0) is 19.2. The van der Waals surface area contributed by atoms with Gasteiger partial charge in [0.2, 0.25) is 0 Å². The van der Waals surface area contributed by atoms with Crippen LogP contribution in [0.15, 0.2) is 65.1 Å². The number of nitrogens with one attached hydrogen (secondary N) is 1. The minimum Gasteiger partial charge on any atom is -0.422 e. The van der Waals surface area contributed by atoms with Crippen LogP contribution in [0.25, 0.3) is 0 Å². The summed E-state index contributed by atoms with van der Waals surface area (Å²) in [7, 11) is 0. The minimum atomic E-state index is -0.395. The lowest BCUT2D eigenvalue weighted by Gasteiger charge is -2.04. The van der Waals surface area contributed by atoms with Crippen LogP contribution in [0.3, 0.4) is 0 Å². The summed E-state index contributed by atoms with van der Waals surface area (Å²) in [4.78, 5) is 24.5. The predicted molar refractivity (Wildman–Crippen MR) is 107 cm³/mol. The Morgan fingerprint density at radius 2 is 1.93 bits per heavy atom. The molecule has 0 aliphatic heterocycles. The van der Waals surface area contributed by atoms with Gasteiger partial charge in [-0.3, -0.25) is 4.79 Å². The highest BCUT2D eigenvalue weighted by molar-refractivity contribution is 7.12. The zero-order valence-electron chi connectivity index (χ0n) is 14.3. The first-order chi connectivity index (χ1) is 13.0. The summed E-state index contributed by atoms with van der Waals surface area (Å²) in [5.74, 6) is -0.354. The Balaban J connectivity index is 1.57. The molecule has 1 heterocycles.